The van der Waals surface area contributed by atoms with E-state index in [9.17, 15) is 4.39 Å². The Morgan fingerprint density at radius 3 is 2.86 bits per heavy atom. The van der Waals surface area contributed by atoms with Crippen molar-refractivity contribution in [1.29, 1.82) is 0 Å². The molecule has 0 saturated heterocycles. The Bertz CT molecular complexity index is 819. The predicted molar refractivity (Wildman–Crippen MR) is 79.9 cm³/mol. The van der Waals surface area contributed by atoms with Gasteiger partial charge in [-0.3, -0.25) is 4.57 Å². The smallest absolute Gasteiger partial charge is 0.164 e. The fourth-order valence-corrected chi connectivity index (χ4v) is 2.50. The summed E-state index contributed by atoms with van der Waals surface area (Å²) in [4.78, 5) is 8.69. The summed E-state index contributed by atoms with van der Waals surface area (Å²) >= 11 is 11.9. The van der Waals surface area contributed by atoms with Crippen LogP contribution in [0.4, 0.5) is 4.39 Å². The van der Waals surface area contributed by atoms with Gasteiger partial charge in [0.2, 0.25) is 0 Å². The van der Waals surface area contributed by atoms with Crippen LogP contribution in [0.25, 0.3) is 16.9 Å². The van der Waals surface area contributed by atoms with Crippen LogP contribution in [0.15, 0.2) is 30.5 Å². The zero-order valence-electron chi connectivity index (χ0n) is 11.0. The Morgan fingerprint density at radius 1 is 1.33 bits per heavy atom. The summed E-state index contributed by atoms with van der Waals surface area (Å²) < 4.78 is 20.3. The van der Waals surface area contributed by atoms with Gasteiger partial charge < -0.3 is 4.74 Å². The Kier molecular flexibility index (Phi) is 3.69. The van der Waals surface area contributed by atoms with E-state index in [2.05, 4.69) is 9.97 Å². The molecule has 4 nitrogen and oxygen atoms in total. The molecular formula is C14H10Cl2FN3O. The maximum atomic E-state index is 13.4. The average molecular weight is 326 g/mol. The van der Waals surface area contributed by atoms with Crippen LogP contribution < -0.4 is 4.74 Å². The number of halogens is 3. The van der Waals surface area contributed by atoms with E-state index in [1.54, 1.807) is 16.7 Å². The number of ether oxygens (including phenoxy) is 1. The van der Waals surface area contributed by atoms with Gasteiger partial charge in [0.05, 0.1) is 23.7 Å². The molecule has 2 heterocycles. The number of benzene rings is 1. The number of imidazole rings is 1. The molecule has 21 heavy (non-hydrogen) atoms. The van der Waals surface area contributed by atoms with Crippen LogP contribution in [0.3, 0.4) is 0 Å². The number of nitrogens with zero attached hydrogens (tertiary/aromatic N) is 3. The molecule has 0 fully saturated rings. The van der Waals surface area contributed by atoms with Crippen molar-refractivity contribution >= 4 is 34.4 Å². The molecule has 0 N–H and O–H groups in total. The minimum absolute atomic E-state index is 0.175. The van der Waals surface area contributed by atoms with Crippen molar-refractivity contribution in [2.45, 2.75) is 5.88 Å². The van der Waals surface area contributed by atoms with E-state index in [1.165, 1.54) is 25.4 Å². The second kappa shape index (κ2) is 5.50. The molecule has 0 amide bonds. The number of hydrogen-bond acceptors (Lipinski definition) is 3. The average Bonchev–Trinajstić information content (AvgIpc) is 2.84. The lowest BCUT2D eigenvalue weighted by atomic mass is 10.2. The standard InChI is InChI=1S/C14H10Cl2FN3O/c1-21-12-5-9(17)2-3-11(12)20-13(6-15)19-10-4-8(16)7-18-14(10)20/h2-5,7H,6H2,1H3. The zero-order chi connectivity index (χ0) is 15.0. The van der Waals surface area contributed by atoms with E-state index >= 15 is 0 Å². The molecule has 1 aromatic carbocycles. The lowest BCUT2D eigenvalue weighted by molar-refractivity contribution is 0.409. The number of alkyl halides is 1. The van der Waals surface area contributed by atoms with Crippen molar-refractivity contribution in [2.75, 3.05) is 7.11 Å². The van der Waals surface area contributed by atoms with E-state index in [0.29, 0.717) is 33.4 Å². The third kappa shape index (κ3) is 2.43. The summed E-state index contributed by atoms with van der Waals surface area (Å²) in [6, 6.07) is 5.95. The van der Waals surface area contributed by atoms with Gasteiger partial charge >= 0.3 is 0 Å². The minimum atomic E-state index is -0.386. The van der Waals surface area contributed by atoms with Gasteiger partial charge in [0, 0.05) is 12.3 Å². The molecule has 7 heteroatoms. The zero-order valence-corrected chi connectivity index (χ0v) is 12.5. The first-order valence-corrected chi connectivity index (χ1v) is 6.98. The summed E-state index contributed by atoms with van der Waals surface area (Å²) in [6.45, 7) is 0. The molecule has 0 spiro atoms. The normalized spacial score (nSPS) is 11.0. The van der Waals surface area contributed by atoms with Crippen LogP contribution in [-0.2, 0) is 5.88 Å². The van der Waals surface area contributed by atoms with Gasteiger partial charge in [0.25, 0.3) is 0 Å². The second-order valence-corrected chi connectivity index (χ2v) is 5.01. The highest BCUT2D eigenvalue weighted by molar-refractivity contribution is 6.31. The molecule has 0 radical (unpaired) electrons. The molecule has 0 unspecified atom stereocenters. The minimum Gasteiger partial charge on any atom is -0.494 e. The van der Waals surface area contributed by atoms with Gasteiger partial charge in [-0.05, 0) is 18.2 Å². The van der Waals surface area contributed by atoms with Crippen molar-refractivity contribution in [3.8, 4) is 11.4 Å². The number of aromatic nitrogens is 3. The van der Waals surface area contributed by atoms with Crippen LogP contribution in [0, 0.1) is 5.82 Å². The van der Waals surface area contributed by atoms with Gasteiger partial charge in [-0.15, -0.1) is 11.6 Å². The Morgan fingerprint density at radius 2 is 2.14 bits per heavy atom. The van der Waals surface area contributed by atoms with E-state index in [4.69, 9.17) is 27.9 Å². The first kappa shape index (κ1) is 14.1. The lowest BCUT2D eigenvalue weighted by Gasteiger charge is -2.12. The van der Waals surface area contributed by atoms with Crippen molar-refractivity contribution in [1.82, 2.24) is 14.5 Å². The summed E-state index contributed by atoms with van der Waals surface area (Å²) in [5.74, 6) is 0.737. The largest absolute Gasteiger partial charge is 0.494 e. The SMILES string of the molecule is COc1cc(F)ccc1-n1c(CCl)nc2cc(Cl)cnc21. The highest BCUT2D eigenvalue weighted by Gasteiger charge is 2.17. The number of methoxy groups -OCH3 is 1. The Labute approximate surface area is 130 Å². The number of rotatable bonds is 3. The molecule has 108 valence electrons. The van der Waals surface area contributed by atoms with Gasteiger partial charge in [-0.25, -0.2) is 14.4 Å². The van der Waals surface area contributed by atoms with Crippen LogP contribution >= 0.6 is 23.2 Å². The summed E-state index contributed by atoms with van der Waals surface area (Å²) in [7, 11) is 1.47. The van der Waals surface area contributed by atoms with Crippen molar-refractivity contribution in [2.24, 2.45) is 0 Å². The van der Waals surface area contributed by atoms with Gasteiger partial charge in [0.1, 0.15) is 22.9 Å². The van der Waals surface area contributed by atoms with E-state index in [1.807, 2.05) is 0 Å². The first-order chi connectivity index (χ1) is 10.1. The topological polar surface area (TPSA) is 39.9 Å². The third-order valence-electron chi connectivity index (χ3n) is 3.04. The number of pyridine rings is 1. The molecular weight excluding hydrogens is 316 g/mol. The van der Waals surface area contributed by atoms with Crippen molar-refractivity contribution < 1.29 is 9.13 Å². The van der Waals surface area contributed by atoms with Crippen LogP contribution in [0.5, 0.6) is 5.75 Å². The summed E-state index contributed by atoms with van der Waals surface area (Å²) in [6.07, 6.45) is 1.52. The Hall–Kier alpha value is -1.85. The number of hydrogen-bond donors (Lipinski definition) is 0. The third-order valence-corrected chi connectivity index (χ3v) is 3.48. The first-order valence-electron chi connectivity index (χ1n) is 6.07. The van der Waals surface area contributed by atoms with Crippen molar-refractivity contribution in [3.05, 3.63) is 47.1 Å². The monoisotopic (exact) mass is 325 g/mol. The van der Waals surface area contributed by atoms with Gasteiger partial charge in [0.15, 0.2) is 5.65 Å². The predicted octanol–water partition coefficient (Wildman–Crippen LogP) is 3.96. The molecule has 0 aliphatic carbocycles. The molecule has 0 aliphatic rings. The molecule has 3 rings (SSSR count). The fourth-order valence-electron chi connectivity index (χ4n) is 2.17. The molecule has 0 saturated carbocycles. The lowest BCUT2D eigenvalue weighted by Crippen LogP contribution is -2.03. The van der Waals surface area contributed by atoms with E-state index in [-0.39, 0.29) is 11.7 Å². The van der Waals surface area contributed by atoms with Crippen molar-refractivity contribution in [3.63, 3.8) is 0 Å². The molecule has 0 bridgehead atoms. The van der Waals surface area contributed by atoms with Crippen LogP contribution in [-0.4, -0.2) is 21.6 Å². The Balaban J connectivity index is 2.33. The maximum Gasteiger partial charge on any atom is 0.164 e. The molecule has 2 aromatic heterocycles. The quantitative estimate of drug-likeness (QED) is 0.684. The highest BCUT2D eigenvalue weighted by Crippen LogP contribution is 2.29. The second-order valence-electron chi connectivity index (χ2n) is 4.31. The van der Waals surface area contributed by atoms with E-state index < -0.39 is 0 Å². The molecule has 3 aromatic rings. The highest BCUT2D eigenvalue weighted by atomic mass is 35.5. The maximum absolute atomic E-state index is 13.4. The van der Waals surface area contributed by atoms with Crippen LogP contribution in [0.1, 0.15) is 5.82 Å². The number of fused-ring (bicyclic) bond motifs is 1. The fraction of sp³-hybridized carbons (Fsp3) is 0.143. The van der Waals surface area contributed by atoms with Gasteiger partial charge in [-0.1, -0.05) is 11.6 Å². The summed E-state index contributed by atoms with van der Waals surface area (Å²) in [5, 5.41) is 0.486. The van der Waals surface area contributed by atoms with E-state index in [0.717, 1.165) is 0 Å². The van der Waals surface area contributed by atoms with Gasteiger partial charge in [-0.2, -0.15) is 0 Å². The molecule has 0 atom stereocenters. The molecule has 0 aliphatic heterocycles. The van der Waals surface area contributed by atoms with Crippen LogP contribution in [0.2, 0.25) is 5.02 Å². The summed E-state index contributed by atoms with van der Waals surface area (Å²) in [5.41, 5.74) is 1.82.